The van der Waals surface area contributed by atoms with Crippen molar-refractivity contribution in [2.45, 2.75) is 32.9 Å². The molecule has 1 aliphatic rings. The molecule has 0 saturated carbocycles. The summed E-state index contributed by atoms with van der Waals surface area (Å²) in [5, 5.41) is 0. The second-order valence-corrected chi connectivity index (χ2v) is 7.31. The molecule has 1 N–H and O–H groups in total. The maximum atomic E-state index is 13.2. The van der Waals surface area contributed by atoms with Crippen LogP contribution in [0, 0.1) is 11.7 Å². The molecule has 3 rings (SSSR count). The van der Waals surface area contributed by atoms with Gasteiger partial charge in [0.25, 0.3) is 11.5 Å². The molecular weight excluding hydrogens is 347 g/mol. The van der Waals surface area contributed by atoms with Gasteiger partial charge in [-0.2, -0.15) is 0 Å². The van der Waals surface area contributed by atoms with Gasteiger partial charge in [-0.1, -0.05) is 26.0 Å². The molecule has 1 aromatic heterocycles. The van der Waals surface area contributed by atoms with Crippen molar-refractivity contribution < 1.29 is 9.18 Å². The van der Waals surface area contributed by atoms with Gasteiger partial charge in [-0.05, 0) is 30.0 Å². The van der Waals surface area contributed by atoms with Gasteiger partial charge in [-0.25, -0.2) is 9.37 Å². The number of H-pyrrole nitrogens is 1. The normalized spacial score (nSPS) is 18.5. The summed E-state index contributed by atoms with van der Waals surface area (Å²) >= 11 is 0. The smallest absolute Gasteiger partial charge is 0.263 e. The number of nitrogens with one attached hydrogen (secondary N) is 1. The van der Waals surface area contributed by atoms with E-state index in [0.717, 1.165) is 18.5 Å². The number of benzene rings is 1. The number of amides is 1. The Morgan fingerprint density at radius 3 is 2.70 bits per heavy atom. The number of hydrogen-bond donors (Lipinski definition) is 1. The van der Waals surface area contributed by atoms with Crippen LogP contribution >= 0.6 is 0 Å². The quantitative estimate of drug-likeness (QED) is 0.894. The van der Waals surface area contributed by atoms with E-state index in [-0.39, 0.29) is 23.3 Å². The van der Waals surface area contributed by atoms with Gasteiger partial charge >= 0.3 is 0 Å². The minimum atomic E-state index is -0.413. The highest BCUT2D eigenvalue weighted by Gasteiger charge is 2.30. The molecule has 0 aliphatic carbocycles. The maximum Gasteiger partial charge on any atom is 0.263 e. The van der Waals surface area contributed by atoms with Crippen LogP contribution in [0.4, 0.5) is 4.39 Å². The molecule has 7 heteroatoms. The van der Waals surface area contributed by atoms with Crippen molar-refractivity contribution in [3.05, 3.63) is 64.1 Å². The van der Waals surface area contributed by atoms with Crippen LogP contribution < -0.4 is 5.56 Å². The first kappa shape index (κ1) is 19.2. The van der Waals surface area contributed by atoms with Crippen molar-refractivity contribution in [1.29, 1.82) is 0 Å². The lowest BCUT2D eigenvalue weighted by molar-refractivity contribution is 0.0700. The maximum absolute atomic E-state index is 13.2. The standard InChI is InChI=1S/C20H25FN4O2/c1-14(2)18-12-25(20(27)17-10-22-13-23-19(17)26)9-3-8-24(18)11-15-4-6-16(21)7-5-15/h4-7,10,13-14,18H,3,8-9,11-12H2,1-2H3,(H,22,23,26). The Hall–Kier alpha value is -2.54. The van der Waals surface area contributed by atoms with Gasteiger partial charge in [0.1, 0.15) is 11.4 Å². The highest BCUT2D eigenvalue weighted by Crippen LogP contribution is 2.21. The summed E-state index contributed by atoms with van der Waals surface area (Å²) in [6.45, 7) is 6.95. The van der Waals surface area contributed by atoms with Crippen molar-refractivity contribution in [2.75, 3.05) is 19.6 Å². The Bertz CT molecular complexity index is 834. The molecule has 0 bridgehead atoms. The third kappa shape index (κ3) is 4.60. The third-order valence-electron chi connectivity index (χ3n) is 5.05. The lowest BCUT2D eigenvalue weighted by Gasteiger charge is -2.34. The lowest BCUT2D eigenvalue weighted by atomic mass is 10.0. The molecule has 1 fully saturated rings. The topological polar surface area (TPSA) is 69.3 Å². The van der Waals surface area contributed by atoms with E-state index in [1.165, 1.54) is 24.7 Å². The minimum absolute atomic E-state index is 0.0759. The van der Waals surface area contributed by atoms with Gasteiger partial charge in [-0.3, -0.25) is 14.5 Å². The van der Waals surface area contributed by atoms with Crippen molar-refractivity contribution in [3.8, 4) is 0 Å². The number of carbonyl (C=O) groups is 1. The van der Waals surface area contributed by atoms with Gasteiger partial charge in [-0.15, -0.1) is 0 Å². The van der Waals surface area contributed by atoms with Crippen LogP contribution in [0.25, 0.3) is 0 Å². The molecule has 1 unspecified atom stereocenters. The Morgan fingerprint density at radius 1 is 1.30 bits per heavy atom. The molecule has 0 radical (unpaired) electrons. The third-order valence-corrected chi connectivity index (χ3v) is 5.05. The zero-order valence-corrected chi connectivity index (χ0v) is 15.7. The minimum Gasteiger partial charge on any atom is -0.337 e. The van der Waals surface area contributed by atoms with Crippen LogP contribution in [0.15, 0.2) is 41.6 Å². The predicted molar refractivity (Wildman–Crippen MR) is 101 cm³/mol. The molecule has 1 atom stereocenters. The summed E-state index contributed by atoms with van der Waals surface area (Å²) in [4.78, 5) is 35.2. The average Bonchev–Trinajstić information content (AvgIpc) is 2.86. The molecule has 0 spiro atoms. The van der Waals surface area contributed by atoms with Gasteiger partial charge in [0.05, 0.1) is 6.33 Å². The molecule has 1 aliphatic heterocycles. The summed E-state index contributed by atoms with van der Waals surface area (Å²) in [5.41, 5.74) is 0.709. The van der Waals surface area contributed by atoms with E-state index < -0.39 is 5.56 Å². The second kappa shape index (κ2) is 8.43. The first-order valence-corrected chi connectivity index (χ1v) is 9.26. The largest absolute Gasteiger partial charge is 0.337 e. The molecule has 1 saturated heterocycles. The summed E-state index contributed by atoms with van der Waals surface area (Å²) in [6, 6.07) is 6.70. The second-order valence-electron chi connectivity index (χ2n) is 7.31. The predicted octanol–water partition coefficient (Wildman–Crippen LogP) is 2.28. The van der Waals surface area contributed by atoms with Gasteiger partial charge in [0, 0.05) is 38.4 Å². The zero-order chi connectivity index (χ0) is 19.4. The van der Waals surface area contributed by atoms with E-state index in [4.69, 9.17) is 0 Å². The SMILES string of the molecule is CC(C)C1CN(C(=O)c2cnc[nH]c2=O)CCCN1Cc1ccc(F)cc1. The van der Waals surface area contributed by atoms with Crippen molar-refractivity contribution >= 4 is 5.91 Å². The van der Waals surface area contributed by atoms with Crippen LogP contribution in [-0.2, 0) is 6.54 Å². The van der Waals surface area contributed by atoms with Crippen LogP contribution in [0.1, 0.15) is 36.2 Å². The fourth-order valence-corrected chi connectivity index (χ4v) is 3.57. The number of hydrogen-bond acceptors (Lipinski definition) is 4. The fraction of sp³-hybridized carbons (Fsp3) is 0.450. The highest BCUT2D eigenvalue weighted by atomic mass is 19.1. The monoisotopic (exact) mass is 372 g/mol. The van der Waals surface area contributed by atoms with Crippen LogP contribution in [0.5, 0.6) is 0 Å². The number of carbonyl (C=O) groups excluding carboxylic acids is 1. The van der Waals surface area contributed by atoms with E-state index in [2.05, 4.69) is 28.7 Å². The molecular formula is C20H25FN4O2. The number of halogens is 1. The summed E-state index contributed by atoms with van der Waals surface area (Å²) in [6.07, 6.45) is 3.42. The number of rotatable bonds is 4. The Balaban J connectivity index is 1.78. The number of aromatic nitrogens is 2. The van der Waals surface area contributed by atoms with Gasteiger partial charge in [0.15, 0.2) is 0 Å². The van der Waals surface area contributed by atoms with E-state index in [0.29, 0.717) is 25.6 Å². The van der Waals surface area contributed by atoms with E-state index in [9.17, 15) is 14.0 Å². The Labute approximate surface area is 158 Å². The molecule has 2 aromatic rings. The van der Waals surface area contributed by atoms with Crippen LogP contribution in [0.3, 0.4) is 0 Å². The molecule has 27 heavy (non-hydrogen) atoms. The van der Waals surface area contributed by atoms with E-state index in [1.807, 2.05) is 0 Å². The Morgan fingerprint density at radius 2 is 2.04 bits per heavy atom. The van der Waals surface area contributed by atoms with Crippen LogP contribution in [-0.4, -0.2) is 51.4 Å². The van der Waals surface area contributed by atoms with Crippen LogP contribution in [0.2, 0.25) is 0 Å². The molecule has 6 nitrogen and oxygen atoms in total. The fourth-order valence-electron chi connectivity index (χ4n) is 3.57. The number of nitrogens with zero attached hydrogens (tertiary/aromatic N) is 3. The number of aromatic amines is 1. The Kier molecular flexibility index (Phi) is 6.01. The van der Waals surface area contributed by atoms with E-state index >= 15 is 0 Å². The summed E-state index contributed by atoms with van der Waals surface area (Å²) < 4.78 is 13.2. The van der Waals surface area contributed by atoms with Crippen molar-refractivity contribution in [3.63, 3.8) is 0 Å². The van der Waals surface area contributed by atoms with E-state index in [1.54, 1.807) is 17.0 Å². The summed E-state index contributed by atoms with van der Waals surface area (Å²) in [7, 11) is 0. The molecule has 144 valence electrons. The lowest BCUT2D eigenvalue weighted by Crippen LogP contribution is -2.46. The first-order valence-electron chi connectivity index (χ1n) is 9.26. The van der Waals surface area contributed by atoms with Gasteiger partial charge < -0.3 is 9.88 Å². The van der Waals surface area contributed by atoms with Crippen molar-refractivity contribution in [2.24, 2.45) is 5.92 Å². The summed E-state index contributed by atoms with van der Waals surface area (Å²) in [5.74, 6) is -0.196. The average molecular weight is 372 g/mol. The molecule has 1 amide bonds. The van der Waals surface area contributed by atoms with Crippen molar-refractivity contribution in [1.82, 2.24) is 19.8 Å². The van der Waals surface area contributed by atoms with Gasteiger partial charge in [0.2, 0.25) is 0 Å². The highest BCUT2D eigenvalue weighted by molar-refractivity contribution is 5.93. The molecule has 1 aromatic carbocycles. The molecule has 2 heterocycles. The first-order chi connectivity index (χ1) is 13.0. The zero-order valence-electron chi connectivity index (χ0n) is 15.7.